The second kappa shape index (κ2) is 14.6. The maximum absolute atomic E-state index is 12.9. The summed E-state index contributed by atoms with van der Waals surface area (Å²) in [5.74, 6) is 0.491. The van der Waals surface area contributed by atoms with Crippen molar-refractivity contribution in [2.75, 3.05) is 19.7 Å². The number of carbonyl (C=O) groups excluding carboxylic acids is 1. The standard InChI is InChI=1S/C31H35NO5/c1-4-19-32(20-5-2)29(31(34)35-6-3)30(33)26-17-18-27(36-22-24-13-9-7-10-14-24)28(21-26)37-23-25-15-11-8-12-16-25/h4-5,7-18,21,29-30,33H,1-2,6,19-20,22-23H2,3H3/t29-,30+/m0/s1. The van der Waals surface area contributed by atoms with Crippen molar-refractivity contribution < 1.29 is 24.1 Å². The van der Waals surface area contributed by atoms with Crippen LogP contribution in [0.2, 0.25) is 0 Å². The van der Waals surface area contributed by atoms with Crippen molar-refractivity contribution in [3.05, 3.63) is 121 Å². The Morgan fingerprint density at radius 2 is 1.41 bits per heavy atom. The number of hydrogen-bond acceptors (Lipinski definition) is 6. The molecule has 6 heteroatoms. The molecule has 0 heterocycles. The summed E-state index contributed by atoms with van der Waals surface area (Å²) in [7, 11) is 0. The second-order valence-corrected chi connectivity index (χ2v) is 8.43. The number of rotatable bonds is 15. The lowest BCUT2D eigenvalue weighted by Gasteiger charge is -2.32. The van der Waals surface area contributed by atoms with Crippen LogP contribution in [0, 0.1) is 0 Å². The maximum atomic E-state index is 12.9. The summed E-state index contributed by atoms with van der Waals surface area (Å²) >= 11 is 0. The predicted octanol–water partition coefficient (Wildman–Crippen LogP) is 5.48. The molecule has 0 spiro atoms. The first-order chi connectivity index (χ1) is 18.1. The lowest BCUT2D eigenvalue weighted by molar-refractivity contribution is -0.154. The average molecular weight is 502 g/mol. The zero-order valence-electron chi connectivity index (χ0n) is 21.3. The van der Waals surface area contributed by atoms with Gasteiger partial charge in [0.1, 0.15) is 25.4 Å². The van der Waals surface area contributed by atoms with Crippen molar-refractivity contribution in [2.45, 2.75) is 32.3 Å². The summed E-state index contributed by atoms with van der Waals surface area (Å²) in [5, 5.41) is 11.4. The van der Waals surface area contributed by atoms with Crippen LogP contribution in [-0.2, 0) is 22.7 Å². The molecule has 194 valence electrons. The van der Waals surface area contributed by atoms with Crippen LogP contribution in [0.1, 0.15) is 29.7 Å². The number of ether oxygens (including phenoxy) is 3. The lowest BCUT2D eigenvalue weighted by atomic mass is 10.00. The molecule has 2 atom stereocenters. The van der Waals surface area contributed by atoms with E-state index in [4.69, 9.17) is 14.2 Å². The van der Waals surface area contributed by atoms with Gasteiger partial charge < -0.3 is 19.3 Å². The van der Waals surface area contributed by atoms with Crippen molar-refractivity contribution >= 4 is 5.97 Å². The van der Waals surface area contributed by atoms with Crippen LogP contribution in [-0.4, -0.2) is 41.7 Å². The van der Waals surface area contributed by atoms with Gasteiger partial charge in [-0.1, -0.05) is 78.9 Å². The number of benzene rings is 3. The minimum absolute atomic E-state index is 0.204. The molecule has 0 bridgehead atoms. The van der Waals surface area contributed by atoms with Gasteiger partial charge in [-0.15, -0.1) is 13.2 Å². The average Bonchev–Trinajstić information content (AvgIpc) is 2.92. The second-order valence-electron chi connectivity index (χ2n) is 8.43. The SMILES string of the molecule is C=CCN(CC=C)[C@H](C(=O)OCC)[C@H](O)c1ccc(OCc2ccccc2)c(OCc2ccccc2)c1. The van der Waals surface area contributed by atoms with E-state index in [0.29, 0.717) is 43.4 Å². The Morgan fingerprint density at radius 1 is 0.865 bits per heavy atom. The maximum Gasteiger partial charge on any atom is 0.326 e. The number of carbonyl (C=O) groups is 1. The Balaban J connectivity index is 1.92. The Bertz CT molecular complexity index is 1120. The lowest BCUT2D eigenvalue weighted by Crippen LogP contribution is -2.46. The highest BCUT2D eigenvalue weighted by molar-refractivity contribution is 5.77. The van der Waals surface area contributed by atoms with Crippen molar-refractivity contribution in [2.24, 2.45) is 0 Å². The first kappa shape index (κ1) is 27.7. The summed E-state index contributed by atoms with van der Waals surface area (Å²) in [6.45, 7) is 10.9. The van der Waals surface area contributed by atoms with E-state index in [1.54, 1.807) is 42.2 Å². The van der Waals surface area contributed by atoms with E-state index >= 15 is 0 Å². The van der Waals surface area contributed by atoms with Gasteiger partial charge in [-0.2, -0.15) is 0 Å². The van der Waals surface area contributed by atoms with Crippen LogP contribution < -0.4 is 9.47 Å². The zero-order chi connectivity index (χ0) is 26.5. The van der Waals surface area contributed by atoms with E-state index in [-0.39, 0.29) is 6.61 Å². The van der Waals surface area contributed by atoms with Crippen LogP contribution in [0.4, 0.5) is 0 Å². The number of aliphatic hydroxyl groups is 1. The molecule has 3 aromatic carbocycles. The van der Waals surface area contributed by atoms with Gasteiger partial charge in [-0.3, -0.25) is 9.69 Å². The van der Waals surface area contributed by atoms with Crippen LogP contribution in [0.15, 0.2) is 104 Å². The molecule has 1 N–H and O–H groups in total. The van der Waals surface area contributed by atoms with Gasteiger partial charge in [0.05, 0.1) is 6.61 Å². The highest BCUT2D eigenvalue weighted by atomic mass is 16.5. The Kier molecular flexibility index (Phi) is 11.0. The third-order valence-electron chi connectivity index (χ3n) is 5.73. The number of aliphatic hydroxyl groups excluding tert-OH is 1. The topological polar surface area (TPSA) is 68.2 Å². The molecule has 0 amide bonds. The minimum atomic E-state index is -1.18. The van der Waals surface area contributed by atoms with Crippen molar-refractivity contribution in [1.29, 1.82) is 0 Å². The molecule has 0 aliphatic rings. The third kappa shape index (κ3) is 8.07. The number of nitrogens with zero attached hydrogens (tertiary/aromatic N) is 1. The molecular weight excluding hydrogens is 466 g/mol. The summed E-state index contributed by atoms with van der Waals surface area (Å²) in [4.78, 5) is 14.7. The van der Waals surface area contributed by atoms with Crippen LogP contribution in [0.3, 0.4) is 0 Å². The Hall–Kier alpha value is -3.87. The predicted molar refractivity (Wildman–Crippen MR) is 145 cm³/mol. The fraction of sp³-hybridized carbons (Fsp3) is 0.258. The number of hydrogen-bond donors (Lipinski definition) is 1. The minimum Gasteiger partial charge on any atom is -0.485 e. The van der Waals surface area contributed by atoms with Crippen LogP contribution >= 0.6 is 0 Å². The normalized spacial score (nSPS) is 12.4. The molecule has 0 fully saturated rings. The highest BCUT2D eigenvalue weighted by Crippen LogP contribution is 2.34. The quantitative estimate of drug-likeness (QED) is 0.220. The van der Waals surface area contributed by atoms with Gasteiger partial charge in [0.25, 0.3) is 0 Å². The van der Waals surface area contributed by atoms with Crippen molar-refractivity contribution in [3.63, 3.8) is 0 Å². The molecule has 3 rings (SSSR count). The van der Waals surface area contributed by atoms with Gasteiger partial charge in [-0.05, 0) is 35.7 Å². The molecule has 0 saturated heterocycles. The monoisotopic (exact) mass is 501 g/mol. The van der Waals surface area contributed by atoms with Gasteiger partial charge in [0.2, 0.25) is 0 Å². The fourth-order valence-electron chi connectivity index (χ4n) is 3.93. The summed E-state index contributed by atoms with van der Waals surface area (Å²) in [6.07, 6.45) is 2.18. The Labute approximate surface area is 219 Å². The molecule has 0 radical (unpaired) electrons. The molecule has 0 saturated carbocycles. The van der Waals surface area contributed by atoms with Gasteiger partial charge in [0.15, 0.2) is 11.5 Å². The number of esters is 1. The molecular formula is C31H35NO5. The van der Waals surface area contributed by atoms with E-state index in [2.05, 4.69) is 13.2 Å². The summed E-state index contributed by atoms with van der Waals surface area (Å²) in [5.41, 5.74) is 2.52. The molecule has 0 aromatic heterocycles. The van der Waals surface area contributed by atoms with Crippen molar-refractivity contribution in [3.8, 4) is 11.5 Å². The van der Waals surface area contributed by atoms with E-state index < -0.39 is 18.1 Å². The van der Waals surface area contributed by atoms with Crippen molar-refractivity contribution in [1.82, 2.24) is 4.90 Å². The first-order valence-corrected chi connectivity index (χ1v) is 12.3. The van der Waals surface area contributed by atoms with Gasteiger partial charge >= 0.3 is 5.97 Å². The third-order valence-corrected chi connectivity index (χ3v) is 5.73. The summed E-state index contributed by atoms with van der Waals surface area (Å²) in [6, 6.07) is 23.9. The van der Waals surface area contributed by atoms with E-state index in [0.717, 1.165) is 11.1 Å². The van der Waals surface area contributed by atoms with Gasteiger partial charge in [-0.25, -0.2) is 0 Å². The highest BCUT2D eigenvalue weighted by Gasteiger charge is 2.34. The molecule has 0 unspecified atom stereocenters. The smallest absolute Gasteiger partial charge is 0.326 e. The van der Waals surface area contributed by atoms with E-state index in [1.165, 1.54) is 0 Å². The fourth-order valence-corrected chi connectivity index (χ4v) is 3.93. The molecule has 3 aromatic rings. The first-order valence-electron chi connectivity index (χ1n) is 12.3. The zero-order valence-corrected chi connectivity index (χ0v) is 21.3. The largest absolute Gasteiger partial charge is 0.485 e. The van der Waals surface area contributed by atoms with E-state index in [9.17, 15) is 9.90 Å². The Morgan fingerprint density at radius 3 is 1.92 bits per heavy atom. The summed E-state index contributed by atoms with van der Waals surface area (Å²) < 4.78 is 17.5. The van der Waals surface area contributed by atoms with Gasteiger partial charge in [0, 0.05) is 13.1 Å². The van der Waals surface area contributed by atoms with E-state index in [1.807, 2.05) is 60.7 Å². The molecule has 0 aliphatic carbocycles. The molecule has 37 heavy (non-hydrogen) atoms. The van der Waals surface area contributed by atoms with Crippen LogP contribution in [0.25, 0.3) is 0 Å². The van der Waals surface area contributed by atoms with Crippen LogP contribution in [0.5, 0.6) is 11.5 Å². The molecule has 6 nitrogen and oxygen atoms in total. The molecule has 0 aliphatic heterocycles.